The Bertz CT molecular complexity index is 244. The van der Waals surface area contributed by atoms with Crippen molar-refractivity contribution in [1.29, 1.82) is 0 Å². The summed E-state index contributed by atoms with van der Waals surface area (Å²) in [5.41, 5.74) is 0.247. The molecular formula is C11H18O2. The Hall–Kier alpha value is -0.370. The monoisotopic (exact) mass is 182 g/mol. The molecule has 3 fully saturated rings. The van der Waals surface area contributed by atoms with E-state index in [1.165, 1.54) is 0 Å². The molecule has 4 unspecified atom stereocenters. The molecule has 0 heterocycles. The van der Waals surface area contributed by atoms with Crippen LogP contribution in [0.3, 0.4) is 0 Å². The third-order valence-corrected chi connectivity index (χ3v) is 4.13. The van der Waals surface area contributed by atoms with Crippen LogP contribution in [0.25, 0.3) is 0 Å². The quantitative estimate of drug-likeness (QED) is 0.618. The lowest BCUT2D eigenvalue weighted by Crippen LogP contribution is -2.54. The summed E-state index contributed by atoms with van der Waals surface area (Å²) in [6.45, 7) is 6.46. The van der Waals surface area contributed by atoms with Crippen molar-refractivity contribution in [3.05, 3.63) is 0 Å². The Kier molecular flexibility index (Phi) is 1.82. The average Bonchev–Trinajstić information content (AvgIpc) is 2.03. The Morgan fingerprint density at radius 3 is 2.62 bits per heavy atom. The molecule has 13 heavy (non-hydrogen) atoms. The van der Waals surface area contributed by atoms with Gasteiger partial charge in [0.2, 0.25) is 0 Å². The molecule has 0 aromatic carbocycles. The second-order valence-electron chi connectivity index (χ2n) is 5.40. The van der Waals surface area contributed by atoms with Crippen LogP contribution in [0.1, 0.15) is 33.6 Å². The normalized spacial score (nSPS) is 48.2. The van der Waals surface area contributed by atoms with Gasteiger partial charge in [-0.3, -0.25) is 4.79 Å². The maximum absolute atomic E-state index is 11.7. The van der Waals surface area contributed by atoms with Gasteiger partial charge in [0.15, 0.2) is 0 Å². The van der Waals surface area contributed by atoms with Crippen molar-refractivity contribution in [2.45, 2.75) is 39.7 Å². The lowest BCUT2D eigenvalue weighted by atomic mass is 9.52. The Morgan fingerprint density at radius 1 is 1.46 bits per heavy atom. The van der Waals surface area contributed by atoms with Crippen molar-refractivity contribution >= 4 is 5.78 Å². The lowest BCUT2D eigenvalue weighted by Gasteiger charge is -2.52. The second kappa shape index (κ2) is 2.57. The first-order valence-corrected chi connectivity index (χ1v) is 5.15. The van der Waals surface area contributed by atoms with Crippen LogP contribution in [0.2, 0.25) is 0 Å². The van der Waals surface area contributed by atoms with E-state index in [4.69, 9.17) is 0 Å². The molecule has 74 valence electrons. The van der Waals surface area contributed by atoms with Gasteiger partial charge in [0.1, 0.15) is 5.78 Å². The molecule has 3 saturated carbocycles. The van der Waals surface area contributed by atoms with E-state index in [-0.39, 0.29) is 23.4 Å². The van der Waals surface area contributed by atoms with Crippen molar-refractivity contribution < 1.29 is 9.90 Å². The number of ketones is 1. The van der Waals surface area contributed by atoms with E-state index in [9.17, 15) is 9.90 Å². The highest BCUT2D eigenvalue weighted by atomic mass is 16.3. The zero-order valence-corrected chi connectivity index (χ0v) is 8.58. The molecule has 1 N–H and O–H groups in total. The number of fused-ring (bicyclic) bond motifs is 3. The summed E-state index contributed by atoms with van der Waals surface area (Å²) in [4.78, 5) is 11.7. The van der Waals surface area contributed by atoms with Crippen molar-refractivity contribution in [1.82, 2.24) is 0 Å². The highest BCUT2D eigenvalue weighted by Crippen LogP contribution is 2.52. The van der Waals surface area contributed by atoms with Crippen LogP contribution in [0.15, 0.2) is 0 Å². The Balaban J connectivity index is 2.33. The summed E-state index contributed by atoms with van der Waals surface area (Å²) < 4.78 is 0. The van der Waals surface area contributed by atoms with Gasteiger partial charge in [-0.25, -0.2) is 0 Å². The molecule has 3 aliphatic carbocycles. The summed E-state index contributed by atoms with van der Waals surface area (Å²) >= 11 is 0. The van der Waals surface area contributed by atoms with Gasteiger partial charge in [-0.2, -0.15) is 0 Å². The minimum atomic E-state index is -0.360. The van der Waals surface area contributed by atoms with Crippen LogP contribution < -0.4 is 0 Å². The second-order valence-corrected chi connectivity index (χ2v) is 5.40. The first-order valence-electron chi connectivity index (χ1n) is 5.15. The van der Waals surface area contributed by atoms with E-state index in [1.54, 1.807) is 0 Å². The number of aliphatic hydroxyl groups is 1. The molecule has 0 aromatic heterocycles. The zero-order chi connectivity index (χ0) is 9.80. The molecule has 0 aromatic rings. The number of Topliss-reactive ketones (excluding diaryl/α,β-unsaturated/α-hetero) is 1. The third-order valence-electron chi connectivity index (χ3n) is 4.13. The van der Waals surface area contributed by atoms with Gasteiger partial charge < -0.3 is 5.11 Å². The fourth-order valence-corrected chi connectivity index (χ4v) is 3.30. The van der Waals surface area contributed by atoms with Crippen LogP contribution in [-0.2, 0) is 4.79 Å². The van der Waals surface area contributed by atoms with Crippen LogP contribution >= 0.6 is 0 Å². The van der Waals surface area contributed by atoms with Crippen LogP contribution in [0, 0.1) is 23.2 Å². The predicted molar refractivity (Wildman–Crippen MR) is 50.2 cm³/mol. The summed E-state index contributed by atoms with van der Waals surface area (Å²) in [5.74, 6) is 0.773. The summed E-state index contributed by atoms with van der Waals surface area (Å²) in [7, 11) is 0. The average molecular weight is 182 g/mol. The van der Waals surface area contributed by atoms with Gasteiger partial charge in [-0.1, -0.05) is 20.8 Å². The van der Waals surface area contributed by atoms with Gasteiger partial charge in [0.25, 0.3) is 0 Å². The molecule has 3 aliphatic rings. The highest BCUT2D eigenvalue weighted by molar-refractivity contribution is 5.86. The molecular weight excluding hydrogens is 164 g/mol. The number of carbonyl (C=O) groups excluding carboxylic acids is 1. The first kappa shape index (κ1) is 9.20. The van der Waals surface area contributed by atoms with Gasteiger partial charge in [-0.05, 0) is 24.2 Å². The maximum Gasteiger partial charge on any atom is 0.141 e. The molecule has 0 saturated heterocycles. The minimum Gasteiger partial charge on any atom is -0.392 e. The lowest BCUT2D eigenvalue weighted by molar-refractivity contribution is -0.155. The van der Waals surface area contributed by atoms with Crippen LogP contribution in [0.5, 0.6) is 0 Å². The van der Waals surface area contributed by atoms with E-state index in [2.05, 4.69) is 13.8 Å². The number of hydrogen-bond acceptors (Lipinski definition) is 2. The van der Waals surface area contributed by atoms with Gasteiger partial charge in [-0.15, -0.1) is 0 Å². The summed E-state index contributed by atoms with van der Waals surface area (Å²) in [5, 5.41) is 9.70. The molecule has 0 aliphatic heterocycles. The topological polar surface area (TPSA) is 37.3 Å². The van der Waals surface area contributed by atoms with E-state index in [0.717, 1.165) is 12.8 Å². The number of carbonyl (C=O) groups is 1. The largest absolute Gasteiger partial charge is 0.392 e. The van der Waals surface area contributed by atoms with Crippen LogP contribution in [-0.4, -0.2) is 17.0 Å². The van der Waals surface area contributed by atoms with Gasteiger partial charge >= 0.3 is 0 Å². The first-order chi connectivity index (χ1) is 5.93. The minimum absolute atomic E-state index is 0.0741. The molecule has 2 bridgehead atoms. The van der Waals surface area contributed by atoms with E-state index >= 15 is 0 Å². The van der Waals surface area contributed by atoms with Crippen molar-refractivity contribution in [2.24, 2.45) is 23.2 Å². The highest BCUT2D eigenvalue weighted by Gasteiger charge is 2.53. The number of rotatable bonds is 0. The third kappa shape index (κ3) is 1.15. The molecule has 2 nitrogen and oxygen atoms in total. The van der Waals surface area contributed by atoms with E-state index in [1.807, 2.05) is 6.92 Å². The SMILES string of the molecule is CC1C(=O)C2CC(C)(C)C1CC2O. The molecule has 0 radical (unpaired) electrons. The van der Waals surface area contributed by atoms with Crippen molar-refractivity contribution in [2.75, 3.05) is 0 Å². The van der Waals surface area contributed by atoms with Crippen molar-refractivity contribution in [3.63, 3.8) is 0 Å². The Morgan fingerprint density at radius 2 is 2.08 bits per heavy atom. The molecule has 4 atom stereocenters. The van der Waals surface area contributed by atoms with Crippen molar-refractivity contribution in [3.8, 4) is 0 Å². The molecule has 3 rings (SSSR count). The van der Waals surface area contributed by atoms with Gasteiger partial charge in [0.05, 0.1) is 6.10 Å². The standard InChI is InChI=1S/C11H18O2/c1-6-8-4-9(12)7(10(6)13)5-11(8,2)3/h6-9,12H,4-5H2,1-3H3. The van der Waals surface area contributed by atoms with E-state index in [0.29, 0.717) is 11.7 Å². The molecule has 0 spiro atoms. The number of aliphatic hydroxyl groups excluding tert-OH is 1. The zero-order valence-electron chi connectivity index (χ0n) is 8.58. The fraction of sp³-hybridized carbons (Fsp3) is 0.909. The summed E-state index contributed by atoms with van der Waals surface area (Å²) in [6.07, 6.45) is 1.34. The fourth-order valence-electron chi connectivity index (χ4n) is 3.30. The smallest absolute Gasteiger partial charge is 0.141 e. The summed E-state index contributed by atoms with van der Waals surface area (Å²) in [6, 6.07) is 0. The molecule has 2 heteroatoms. The maximum atomic E-state index is 11.7. The van der Waals surface area contributed by atoms with E-state index < -0.39 is 0 Å². The Labute approximate surface area is 79.3 Å². The number of hydrogen-bond donors (Lipinski definition) is 1. The van der Waals surface area contributed by atoms with Gasteiger partial charge in [0, 0.05) is 11.8 Å². The predicted octanol–water partition coefficient (Wildman–Crippen LogP) is 1.62. The van der Waals surface area contributed by atoms with Crippen LogP contribution in [0.4, 0.5) is 0 Å². The molecule has 0 amide bonds.